The fourth-order valence-corrected chi connectivity index (χ4v) is 2.01. The highest BCUT2D eigenvalue weighted by Gasteiger charge is 2.17. The minimum absolute atomic E-state index is 0.0648. The Morgan fingerprint density at radius 3 is 2.47 bits per heavy atom. The summed E-state index contributed by atoms with van der Waals surface area (Å²) in [5, 5.41) is 7.32. The van der Waals surface area contributed by atoms with Crippen LogP contribution in [0.4, 0.5) is 5.82 Å². The number of nitrogens with zero attached hydrogens (tertiary/aromatic N) is 3. The molecule has 0 unspecified atom stereocenters. The number of anilines is 1. The Morgan fingerprint density at radius 1 is 1.37 bits per heavy atom. The van der Waals surface area contributed by atoms with Gasteiger partial charge in [0, 0.05) is 19.7 Å². The van der Waals surface area contributed by atoms with Gasteiger partial charge in [0.15, 0.2) is 0 Å². The molecule has 1 rings (SSSR count). The molecule has 106 valence electrons. The van der Waals surface area contributed by atoms with Crippen LogP contribution in [0.25, 0.3) is 0 Å². The van der Waals surface area contributed by atoms with Gasteiger partial charge in [0.25, 0.3) is 0 Å². The smallest absolute Gasteiger partial charge is 0.147 e. The molecule has 0 spiro atoms. The zero-order chi connectivity index (χ0) is 14.3. The summed E-state index contributed by atoms with van der Waals surface area (Å²) in [6.45, 7) is 5.74. The van der Waals surface area contributed by atoms with Crippen molar-refractivity contribution in [2.45, 2.75) is 32.7 Å². The van der Waals surface area contributed by atoms with Crippen LogP contribution in [-0.2, 0) is 4.74 Å². The molecule has 0 atom stereocenters. The summed E-state index contributed by atoms with van der Waals surface area (Å²) in [4.78, 5) is 10.7. The summed E-state index contributed by atoms with van der Waals surface area (Å²) in [6, 6.07) is 0.410. The Morgan fingerprint density at radius 2 is 2.05 bits per heavy atom. The monoisotopic (exact) mass is 265 g/mol. The van der Waals surface area contributed by atoms with Crippen LogP contribution in [0.1, 0.15) is 32.4 Å². The van der Waals surface area contributed by atoms with Crippen LogP contribution in [0.15, 0.2) is 12.4 Å². The molecule has 0 aliphatic carbocycles. The van der Waals surface area contributed by atoms with Crippen molar-refractivity contribution in [3.05, 3.63) is 18.1 Å². The lowest BCUT2D eigenvalue weighted by Gasteiger charge is -2.31. The van der Waals surface area contributed by atoms with Gasteiger partial charge in [-0.25, -0.2) is 9.97 Å². The molecule has 1 heterocycles. The topological polar surface area (TPSA) is 88.1 Å². The zero-order valence-corrected chi connectivity index (χ0v) is 11.9. The Balaban J connectivity index is 2.92. The predicted molar refractivity (Wildman–Crippen MR) is 76.6 cm³/mol. The van der Waals surface area contributed by atoms with Crippen LogP contribution in [0.3, 0.4) is 0 Å². The van der Waals surface area contributed by atoms with Crippen molar-refractivity contribution in [3.8, 4) is 0 Å². The molecule has 6 heteroatoms. The number of ether oxygens (including phenoxy) is 1. The maximum atomic E-state index is 7.32. The SMILES string of the molecule is CCC(CC)N(CCOC)c1cnc(C(=N)N)cn1. The first kappa shape index (κ1) is 15.4. The van der Waals surface area contributed by atoms with E-state index in [-0.39, 0.29) is 5.84 Å². The van der Waals surface area contributed by atoms with E-state index in [0.29, 0.717) is 18.3 Å². The van der Waals surface area contributed by atoms with Gasteiger partial charge in [-0.3, -0.25) is 5.41 Å². The molecule has 0 saturated carbocycles. The van der Waals surface area contributed by atoms with Gasteiger partial charge < -0.3 is 15.4 Å². The maximum absolute atomic E-state index is 7.32. The number of methoxy groups -OCH3 is 1. The Bertz CT molecular complexity index is 389. The number of nitrogens with one attached hydrogen (secondary N) is 1. The second-order valence-corrected chi connectivity index (χ2v) is 4.33. The third-order valence-corrected chi connectivity index (χ3v) is 3.13. The van der Waals surface area contributed by atoms with Gasteiger partial charge in [0.2, 0.25) is 0 Å². The Kier molecular flexibility index (Phi) is 6.21. The molecule has 1 aromatic rings. The van der Waals surface area contributed by atoms with Crippen LogP contribution in [0.2, 0.25) is 0 Å². The highest BCUT2D eigenvalue weighted by atomic mass is 16.5. The van der Waals surface area contributed by atoms with Gasteiger partial charge >= 0.3 is 0 Å². The van der Waals surface area contributed by atoms with E-state index in [1.807, 2.05) is 0 Å². The van der Waals surface area contributed by atoms with Crippen molar-refractivity contribution in [2.75, 3.05) is 25.2 Å². The van der Waals surface area contributed by atoms with Crippen LogP contribution in [0.5, 0.6) is 0 Å². The van der Waals surface area contributed by atoms with E-state index in [2.05, 4.69) is 28.7 Å². The van der Waals surface area contributed by atoms with Crippen LogP contribution in [0, 0.1) is 5.41 Å². The molecule has 0 amide bonds. The predicted octanol–water partition coefficient (Wildman–Crippen LogP) is 1.40. The first-order valence-electron chi connectivity index (χ1n) is 6.56. The lowest BCUT2D eigenvalue weighted by Crippen LogP contribution is -2.37. The molecule has 0 radical (unpaired) electrons. The van der Waals surface area contributed by atoms with Crippen molar-refractivity contribution in [2.24, 2.45) is 5.73 Å². The van der Waals surface area contributed by atoms with Gasteiger partial charge in [0.1, 0.15) is 17.3 Å². The maximum Gasteiger partial charge on any atom is 0.147 e. The molecule has 0 aliphatic heterocycles. The molecule has 0 aromatic carbocycles. The fraction of sp³-hybridized carbons (Fsp3) is 0.615. The standard InChI is InChI=1S/C13H23N5O/c1-4-10(5-2)18(6-7-19-3)12-9-16-11(8-17-12)13(14)15/h8-10H,4-7H2,1-3H3,(H3,14,15). The third kappa shape index (κ3) is 4.17. The highest BCUT2D eigenvalue weighted by molar-refractivity contribution is 5.92. The normalized spacial score (nSPS) is 10.7. The van der Waals surface area contributed by atoms with Gasteiger partial charge in [0.05, 0.1) is 19.0 Å². The van der Waals surface area contributed by atoms with E-state index in [4.69, 9.17) is 15.9 Å². The Hall–Kier alpha value is -1.69. The van der Waals surface area contributed by atoms with Crippen molar-refractivity contribution < 1.29 is 4.74 Å². The summed E-state index contributed by atoms with van der Waals surface area (Å²) < 4.78 is 5.15. The number of aromatic nitrogens is 2. The average Bonchev–Trinajstić information content (AvgIpc) is 2.43. The summed E-state index contributed by atoms with van der Waals surface area (Å²) >= 11 is 0. The second-order valence-electron chi connectivity index (χ2n) is 4.33. The lowest BCUT2D eigenvalue weighted by molar-refractivity contribution is 0.202. The minimum atomic E-state index is -0.0648. The number of hydrogen-bond acceptors (Lipinski definition) is 5. The van der Waals surface area contributed by atoms with E-state index >= 15 is 0 Å². The highest BCUT2D eigenvalue weighted by Crippen LogP contribution is 2.17. The van der Waals surface area contributed by atoms with E-state index in [9.17, 15) is 0 Å². The molecule has 0 fully saturated rings. The van der Waals surface area contributed by atoms with Gasteiger partial charge in [-0.2, -0.15) is 0 Å². The van der Waals surface area contributed by atoms with Crippen LogP contribution in [-0.4, -0.2) is 42.1 Å². The summed E-state index contributed by atoms with van der Waals surface area (Å²) in [5.74, 6) is 0.737. The molecule has 0 bridgehead atoms. The van der Waals surface area contributed by atoms with E-state index in [1.165, 1.54) is 0 Å². The van der Waals surface area contributed by atoms with E-state index in [0.717, 1.165) is 25.2 Å². The second kappa shape index (κ2) is 7.68. The number of nitrogens with two attached hydrogens (primary N) is 1. The Labute approximate surface area is 114 Å². The number of amidine groups is 1. The lowest BCUT2D eigenvalue weighted by atomic mass is 10.1. The fourth-order valence-electron chi connectivity index (χ4n) is 2.01. The van der Waals surface area contributed by atoms with Crippen molar-refractivity contribution in [3.63, 3.8) is 0 Å². The molecular formula is C13H23N5O. The molecular weight excluding hydrogens is 242 g/mol. The number of nitrogen functional groups attached to an aromatic ring is 1. The largest absolute Gasteiger partial charge is 0.383 e. The number of rotatable bonds is 8. The van der Waals surface area contributed by atoms with Crippen molar-refractivity contribution in [1.29, 1.82) is 5.41 Å². The average molecular weight is 265 g/mol. The van der Waals surface area contributed by atoms with E-state index in [1.54, 1.807) is 19.5 Å². The van der Waals surface area contributed by atoms with Crippen LogP contribution < -0.4 is 10.6 Å². The molecule has 0 saturated heterocycles. The van der Waals surface area contributed by atoms with Crippen LogP contribution >= 0.6 is 0 Å². The van der Waals surface area contributed by atoms with Gasteiger partial charge in [-0.15, -0.1) is 0 Å². The summed E-state index contributed by atoms with van der Waals surface area (Å²) in [5.41, 5.74) is 5.78. The molecule has 6 nitrogen and oxygen atoms in total. The third-order valence-electron chi connectivity index (χ3n) is 3.13. The first-order chi connectivity index (χ1) is 9.13. The first-order valence-corrected chi connectivity index (χ1v) is 6.56. The summed E-state index contributed by atoms with van der Waals surface area (Å²) in [7, 11) is 1.69. The van der Waals surface area contributed by atoms with Crippen molar-refractivity contribution in [1.82, 2.24) is 9.97 Å². The quantitative estimate of drug-likeness (QED) is 0.548. The number of hydrogen-bond donors (Lipinski definition) is 2. The van der Waals surface area contributed by atoms with Gasteiger partial charge in [-0.05, 0) is 12.8 Å². The van der Waals surface area contributed by atoms with Gasteiger partial charge in [-0.1, -0.05) is 13.8 Å². The molecule has 19 heavy (non-hydrogen) atoms. The minimum Gasteiger partial charge on any atom is -0.383 e. The summed E-state index contributed by atoms with van der Waals surface area (Å²) in [6.07, 6.45) is 5.29. The molecule has 1 aromatic heterocycles. The van der Waals surface area contributed by atoms with E-state index < -0.39 is 0 Å². The zero-order valence-electron chi connectivity index (χ0n) is 11.9. The molecule has 3 N–H and O–H groups in total. The molecule has 0 aliphatic rings. The van der Waals surface area contributed by atoms with Crippen molar-refractivity contribution >= 4 is 11.7 Å².